The average molecular weight is 266 g/mol. The van der Waals surface area contributed by atoms with Crippen LogP contribution < -0.4 is 5.32 Å². The molecule has 2 rings (SSSR count). The van der Waals surface area contributed by atoms with Crippen molar-refractivity contribution in [1.29, 1.82) is 0 Å². The number of nitrogens with zero attached hydrogens (tertiary/aromatic N) is 2. The Morgan fingerprint density at radius 3 is 2.56 bits per heavy atom. The molecule has 0 unspecified atom stereocenters. The average Bonchev–Trinajstić information content (AvgIpc) is 2.35. The number of rotatable bonds is 2. The summed E-state index contributed by atoms with van der Waals surface area (Å²) in [4.78, 5) is 19.4. The molecule has 0 aliphatic heterocycles. The van der Waals surface area contributed by atoms with E-state index < -0.39 is 5.91 Å². The third kappa shape index (κ3) is 2.67. The van der Waals surface area contributed by atoms with Crippen LogP contribution in [0.3, 0.4) is 0 Å². The molecule has 6 nitrogen and oxygen atoms in total. The normalized spacial score (nSPS) is 10.1. The molecule has 1 heterocycles. The van der Waals surface area contributed by atoms with Gasteiger partial charge in [-0.05, 0) is 18.2 Å². The first kappa shape index (κ1) is 12.1. The molecule has 0 saturated carbocycles. The lowest BCUT2D eigenvalue weighted by Crippen LogP contribution is -2.12. The summed E-state index contributed by atoms with van der Waals surface area (Å²) >= 11 is 5.56. The second-order valence-electron chi connectivity index (χ2n) is 3.38. The summed E-state index contributed by atoms with van der Waals surface area (Å²) in [5.74, 6) is -0.915. The highest BCUT2D eigenvalue weighted by Gasteiger charge is 2.09. The van der Waals surface area contributed by atoms with Gasteiger partial charge in [0, 0.05) is 5.56 Å². The predicted molar refractivity (Wildman–Crippen MR) is 64.8 cm³/mol. The number of hydrogen-bond donors (Lipinski definition) is 3. The number of halogens is 1. The molecule has 1 aromatic carbocycles. The van der Waals surface area contributed by atoms with E-state index in [2.05, 4.69) is 15.3 Å². The van der Waals surface area contributed by atoms with E-state index in [9.17, 15) is 9.90 Å². The molecule has 0 aliphatic rings. The molecule has 1 amide bonds. The van der Waals surface area contributed by atoms with Crippen LogP contribution in [-0.2, 0) is 0 Å². The fourth-order valence-electron chi connectivity index (χ4n) is 1.23. The Hall–Kier alpha value is -2.34. The monoisotopic (exact) mass is 265 g/mol. The van der Waals surface area contributed by atoms with Gasteiger partial charge in [-0.1, -0.05) is 11.6 Å². The summed E-state index contributed by atoms with van der Waals surface area (Å²) in [5, 5.41) is 21.1. The van der Waals surface area contributed by atoms with Gasteiger partial charge < -0.3 is 15.5 Å². The Balaban J connectivity index is 2.16. The molecule has 3 N–H and O–H groups in total. The number of aromatic nitrogens is 2. The highest BCUT2D eigenvalue weighted by atomic mass is 35.5. The van der Waals surface area contributed by atoms with E-state index in [1.807, 2.05) is 0 Å². The zero-order chi connectivity index (χ0) is 13.1. The zero-order valence-electron chi connectivity index (χ0n) is 8.96. The maximum Gasteiger partial charge on any atom is 0.256 e. The number of hydrogen-bond acceptors (Lipinski definition) is 5. The molecule has 0 bridgehead atoms. The Kier molecular flexibility index (Phi) is 3.29. The lowest BCUT2D eigenvalue weighted by molar-refractivity contribution is 0.102. The highest BCUT2D eigenvalue weighted by Crippen LogP contribution is 2.25. The summed E-state index contributed by atoms with van der Waals surface area (Å²) < 4.78 is 0. The maximum absolute atomic E-state index is 11.8. The van der Waals surface area contributed by atoms with Gasteiger partial charge in [0.05, 0.1) is 12.4 Å². The van der Waals surface area contributed by atoms with Crippen molar-refractivity contribution in [1.82, 2.24) is 9.97 Å². The fraction of sp³-hybridized carbons (Fsp3) is 0. The van der Waals surface area contributed by atoms with Crippen LogP contribution in [0.15, 0.2) is 30.6 Å². The number of carbonyl (C=O) groups excluding carboxylic acids is 1. The molecule has 0 radical (unpaired) electrons. The van der Waals surface area contributed by atoms with Crippen LogP contribution in [-0.4, -0.2) is 26.1 Å². The number of carbonyl (C=O) groups is 1. The molecule has 2 aromatic rings. The molecule has 0 aliphatic carbocycles. The van der Waals surface area contributed by atoms with Crippen molar-refractivity contribution in [3.05, 3.63) is 41.3 Å². The number of aromatic hydroxyl groups is 2. The van der Waals surface area contributed by atoms with Gasteiger partial charge in [0.25, 0.3) is 5.91 Å². The van der Waals surface area contributed by atoms with Gasteiger partial charge in [-0.25, -0.2) is 9.97 Å². The maximum atomic E-state index is 11.8. The Labute approximate surface area is 107 Å². The summed E-state index contributed by atoms with van der Waals surface area (Å²) in [7, 11) is 0. The minimum atomic E-state index is -0.484. The number of nitrogens with one attached hydrogen (secondary N) is 1. The molecule has 0 fully saturated rings. The van der Waals surface area contributed by atoms with E-state index in [0.29, 0.717) is 0 Å². The van der Waals surface area contributed by atoms with Gasteiger partial charge >= 0.3 is 0 Å². The smallest absolute Gasteiger partial charge is 0.256 e. The van der Waals surface area contributed by atoms with E-state index in [-0.39, 0.29) is 28.0 Å². The third-order valence-electron chi connectivity index (χ3n) is 2.10. The minimum Gasteiger partial charge on any atom is -0.504 e. The van der Waals surface area contributed by atoms with E-state index in [4.69, 9.17) is 16.7 Å². The van der Waals surface area contributed by atoms with Crippen LogP contribution in [0.2, 0.25) is 5.15 Å². The van der Waals surface area contributed by atoms with Crippen LogP contribution >= 0.6 is 11.6 Å². The minimum absolute atomic E-state index is 0.182. The third-order valence-corrected chi connectivity index (χ3v) is 2.29. The van der Waals surface area contributed by atoms with Crippen LogP contribution in [0.4, 0.5) is 5.82 Å². The molecule has 0 spiro atoms. The number of phenols is 2. The van der Waals surface area contributed by atoms with Crippen molar-refractivity contribution in [3.63, 3.8) is 0 Å². The summed E-state index contributed by atoms with van der Waals surface area (Å²) in [5.41, 5.74) is 0.182. The van der Waals surface area contributed by atoms with Gasteiger partial charge in [-0.15, -0.1) is 0 Å². The quantitative estimate of drug-likeness (QED) is 0.720. The van der Waals surface area contributed by atoms with Crippen molar-refractivity contribution in [3.8, 4) is 11.5 Å². The second-order valence-corrected chi connectivity index (χ2v) is 3.77. The van der Waals surface area contributed by atoms with E-state index in [1.165, 1.54) is 24.5 Å². The van der Waals surface area contributed by atoms with Gasteiger partial charge in [0.1, 0.15) is 5.15 Å². The van der Waals surface area contributed by atoms with Crippen LogP contribution in [0.1, 0.15) is 10.4 Å². The number of amides is 1. The molecule has 7 heteroatoms. The van der Waals surface area contributed by atoms with Gasteiger partial charge in [-0.2, -0.15) is 0 Å². The Morgan fingerprint density at radius 1 is 1.17 bits per heavy atom. The van der Waals surface area contributed by atoms with E-state index in [1.54, 1.807) is 0 Å². The Bertz CT molecular complexity index is 587. The fourth-order valence-corrected chi connectivity index (χ4v) is 1.33. The predicted octanol–water partition coefficient (Wildman–Crippen LogP) is 1.79. The molecule has 92 valence electrons. The van der Waals surface area contributed by atoms with Crippen molar-refractivity contribution in [2.75, 3.05) is 5.32 Å². The van der Waals surface area contributed by atoms with Crippen LogP contribution in [0.25, 0.3) is 0 Å². The lowest BCUT2D eigenvalue weighted by Gasteiger charge is -2.05. The first-order chi connectivity index (χ1) is 8.56. The summed E-state index contributed by atoms with van der Waals surface area (Å²) in [6.45, 7) is 0. The van der Waals surface area contributed by atoms with Crippen molar-refractivity contribution in [2.24, 2.45) is 0 Å². The van der Waals surface area contributed by atoms with Gasteiger partial charge in [-0.3, -0.25) is 4.79 Å². The number of anilines is 1. The summed E-state index contributed by atoms with van der Waals surface area (Å²) in [6.07, 6.45) is 2.60. The van der Waals surface area contributed by atoms with Gasteiger partial charge in [0.15, 0.2) is 17.3 Å². The number of phenolic OH excluding ortho intramolecular Hbond substituents is 2. The molecule has 0 atom stereocenters. The highest BCUT2D eigenvalue weighted by molar-refractivity contribution is 6.29. The Morgan fingerprint density at radius 2 is 1.94 bits per heavy atom. The molecular formula is C11H8ClN3O3. The molecular weight excluding hydrogens is 258 g/mol. The van der Waals surface area contributed by atoms with Crippen molar-refractivity contribution >= 4 is 23.3 Å². The van der Waals surface area contributed by atoms with E-state index in [0.717, 1.165) is 6.07 Å². The lowest BCUT2D eigenvalue weighted by atomic mass is 10.2. The summed E-state index contributed by atoms with van der Waals surface area (Å²) in [6, 6.07) is 3.74. The topological polar surface area (TPSA) is 95.3 Å². The molecule has 1 aromatic heterocycles. The van der Waals surface area contributed by atoms with Crippen LogP contribution in [0, 0.1) is 0 Å². The molecule has 0 saturated heterocycles. The SMILES string of the molecule is O=C(Nc1cnc(Cl)cn1)c1ccc(O)c(O)c1. The largest absolute Gasteiger partial charge is 0.504 e. The first-order valence-corrected chi connectivity index (χ1v) is 5.25. The van der Waals surface area contributed by atoms with Gasteiger partial charge in [0.2, 0.25) is 0 Å². The second kappa shape index (κ2) is 4.89. The van der Waals surface area contributed by atoms with E-state index >= 15 is 0 Å². The first-order valence-electron chi connectivity index (χ1n) is 4.87. The van der Waals surface area contributed by atoms with Crippen molar-refractivity contribution < 1.29 is 15.0 Å². The zero-order valence-corrected chi connectivity index (χ0v) is 9.72. The molecule has 18 heavy (non-hydrogen) atoms. The number of benzene rings is 1. The van der Waals surface area contributed by atoms with Crippen LogP contribution in [0.5, 0.6) is 11.5 Å². The standard InChI is InChI=1S/C11H8ClN3O3/c12-9-4-14-10(5-13-9)15-11(18)6-1-2-7(16)8(17)3-6/h1-5,16-17H,(H,14,15,18). The van der Waals surface area contributed by atoms with Crippen molar-refractivity contribution in [2.45, 2.75) is 0 Å².